The van der Waals surface area contributed by atoms with Crippen LogP contribution >= 0.6 is 0 Å². The molecule has 2 atom stereocenters. The molecule has 0 heterocycles. The summed E-state index contributed by atoms with van der Waals surface area (Å²) in [5.74, 6) is 0.671. The predicted octanol–water partition coefficient (Wildman–Crippen LogP) is 6.10. The first-order chi connectivity index (χ1) is 9.18. The lowest BCUT2D eigenvalue weighted by molar-refractivity contribution is 0.181. The maximum atomic E-state index is 2.50. The van der Waals surface area contributed by atoms with E-state index in [0.29, 0.717) is 11.3 Å². The Morgan fingerprint density at radius 2 is 1.95 bits per heavy atom. The van der Waals surface area contributed by atoms with E-state index in [4.69, 9.17) is 0 Å². The predicted molar refractivity (Wildman–Crippen MR) is 84.4 cm³/mol. The van der Waals surface area contributed by atoms with Gasteiger partial charge in [-0.2, -0.15) is 0 Å². The van der Waals surface area contributed by atoms with Crippen molar-refractivity contribution < 1.29 is 0 Å². The Hall–Kier alpha value is -1.04. The molecule has 0 heteroatoms. The van der Waals surface area contributed by atoms with E-state index in [-0.39, 0.29) is 0 Å². The summed E-state index contributed by atoms with van der Waals surface area (Å²) >= 11 is 0. The average Bonchev–Trinajstić information content (AvgIpc) is 2.47. The quantitative estimate of drug-likeness (QED) is 0.559. The molecule has 2 rings (SSSR count). The lowest BCUT2D eigenvalue weighted by atomic mass is 9.63. The molecule has 0 bridgehead atoms. The zero-order valence-electron chi connectivity index (χ0n) is 12.8. The van der Waals surface area contributed by atoms with Gasteiger partial charge in [-0.05, 0) is 49.5 Å². The maximum absolute atomic E-state index is 2.50. The van der Waals surface area contributed by atoms with E-state index in [0.717, 1.165) is 0 Å². The third-order valence-corrected chi connectivity index (χ3v) is 5.12. The standard InChI is InChI=1S/C19H28/c1-4-5-13-19(14-11-16(2)12-15-19)17(3)18-9-7-6-8-10-18/h6-11,17H,4-5,12-15H2,1-3H3. The molecular formula is C19H28. The fraction of sp³-hybridized carbons (Fsp3) is 0.579. The maximum Gasteiger partial charge on any atom is -0.0131 e. The highest BCUT2D eigenvalue weighted by molar-refractivity contribution is 5.23. The molecule has 0 saturated carbocycles. The molecule has 0 aliphatic heterocycles. The van der Waals surface area contributed by atoms with E-state index in [1.54, 1.807) is 5.57 Å². The monoisotopic (exact) mass is 256 g/mol. The van der Waals surface area contributed by atoms with Gasteiger partial charge in [0.05, 0.1) is 0 Å². The first-order valence-electron chi connectivity index (χ1n) is 7.88. The van der Waals surface area contributed by atoms with Crippen molar-refractivity contribution in [2.45, 2.75) is 65.2 Å². The van der Waals surface area contributed by atoms with Crippen LogP contribution in [0.1, 0.15) is 70.8 Å². The first kappa shape index (κ1) is 14.4. The number of allylic oxidation sites excluding steroid dienone is 2. The molecule has 19 heavy (non-hydrogen) atoms. The largest absolute Gasteiger partial charge is 0.0850 e. The van der Waals surface area contributed by atoms with Gasteiger partial charge in [0.15, 0.2) is 0 Å². The van der Waals surface area contributed by atoms with Crippen molar-refractivity contribution in [3.63, 3.8) is 0 Å². The number of hydrogen-bond donors (Lipinski definition) is 0. The van der Waals surface area contributed by atoms with Crippen LogP contribution < -0.4 is 0 Å². The highest BCUT2D eigenvalue weighted by atomic mass is 14.4. The summed E-state index contributed by atoms with van der Waals surface area (Å²) in [5.41, 5.74) is 3.61. The summed E-state index contributed by atoms with van der Waals surface area (Å²) in [5, 5.41) is 0. The van der Waals surface area contributed by atoms with Gasteiger partial charge in [-0.3, -0.25) is 0 Å². The number of unbranched alkanes of at least 4 members (excludes halogenated alkanes) is 1. The highest BCUT2D eigenvalue weighted by Gasteiger charge is 2.36. The van der Waals surface area contributed by atoms with Gasteiger partial charge in [-0.1, -0.05) is 68.7 Å². The summed E-state index contributed by atoms with van der Waals surface area (Å²) in [6.07, 6.45) is 10.5. The molecule has 104 valence electrons. The molecule has 1 aliphatic carbocycles. The van der Waals surface area contributed by atoms with Gasteiger partial charge in [0, 0.05) is 0 Å². The van der Waals surface area contributed by atoms with Crippen LogP contribution in [0.2, 0.25) is 0 Å². The van der Waals surface area contributed by atoms with Gasteiger partial charge >= 0.3 is 0 Å². The third kappa shape index (κ3) is 3.29. The van der Waals surface area contributed by atoms with Crippen LogP contribution in [0.25, 0.3) is 0 Å². The van der Waals surface area contributed by atoms with E-state index in [2.05, 4.69) is 57.2 Å². The van der Waals surface area contributed by atoms with Crippen molar-refractivity contribution in [2.75, 3.05) is 0 Å². The van der Waals surface area contributed by atoms with Crippen LogP contribution in [0.4, 0.5) is 0 Å². The molecule has 1 aromatic carbocycles. The summed E-state index contributed by atoms with van der Waals surface area (Å²) in [7, 11) is 0. The van der Waals surface area contributed by atoms with Crippen molar-refractivity contribution in [1.82, 2.24) is 0 Å². The second kappa shape index (κ2) is 6.41. The van der Waals surface area contributed by atoms with Crippen molar-refractivity contribution in [3.05, 3.63) is 47.5 Å². The molecule has 0 saturated heterocycles. The number of hydrogen-bond acceptors (Lipinski definition) is 0. The highest BCUT2D eigenvalue weighted by Crippen LogP contribution is 2.49. The molecule has 0 aromatic heterocycles. The third-order valence-electron chi connectivity index (χ3n) is 5.12. The Kier molecular flexibility index (Phi) is 4.85. The molecule has 1 aromatic rings. The van der Waals surface area contributed by atoms with Gasteiger partial charge in [0.2, 0.25) is 0 Å². The van der Waals surface area contributed by atoms with Crippen LogP contribution in [0.5, 0.6) is 0 Å². The molecule has 0 spiro atoms. The lowest BCUT2D eigenvalue weighted by Crippen LogP contribution is -2.29. The van der Waals surface area contributed by atoms with Crippen LogP contribution in [0.15, 0.2) is 42.0 Å². The molecule has 0 fully saturated rings. The zero-order valence-corrected chi connectivity index (χ0v) is 12.8. The lowest BCUT2D eigenvalue weighted by Gasteiger charge is -2.42. The molecular weight excluding hydrogens is 228 g/mol. The van der Waals surface area contributed by atoms with Crippen molar-refractivity contribution >= 4 is 0 Å². The Morgan fingerprint density at radius 1 is 1.21 bits per heavy atom. The zero-order chi connectivity index (χ0) is 13.7. The SMILES string of the molecule is CCCCC1(C(C)c2ccccc2)CC=C(C)CC1. The molecule has 0 radical (unpaired) electrons. The van der Waals surface area contributed by atoms with Crippen LogP contribution in [-0.2, 0) is 0 Å². The van der Waals surface area contributed by atoms with E-state index in [1.807, 2.05) is 0 Å². The van der Waals surface area contributed by atoms with Gasteiger partial charge in [0.25, 0.3) is 0 Å². The minimum Gasteiger partial charge on any atom is -0.0850 e. The minimum absolute atomic E-state index is 0.497. The van der Waals surface area contributed by atoms with E-state index < -0.39 is 0 Å². The Balaban J connectivity index is 2.22. The smallest absolute Gasteiger partial charge is 0.0131 e. The van der Waals surface area contributed by atoms with Crippen molar-refractivity contribution in [3.8, 4) is 0 Å². The van der Waals surface area contributed by atoms with Gasteiger partial charge in [0.1, 0.15) is 0 Å². The first-order valence-corrected chi connectivity index (χ1v) is 7.88. The van der Waals surface area contributed by atoms with Crippen LogP contribution in [0, 0.1) is 5.41 Å². The topological polar surface area (TPSA) is 0 Å². The van der Waals surface area contributed by atoms with Crippen molar-refractivity contribution in [2.24, 2.45) is 5.41 Å². The number of benzene rings is 1. The summed E-state index contributed by atoms with van der Waals surface area (Å²) in [6.45, 7) is 7.04. The second-order valence-electron chi connectivity index (χ2n) is 6.35. The second-order valence-corrected chi connectivity index (χ2v) is 6.35. The Labute approximate surface area is 118 Å². The number of rotatable bonds is 5. The van der Waals surface area contributed by atoms with Crippen molar-refractivity contribution in [1.29, 1.82) is 0 Å². The fourth-order valence-electron chi connectivity index (χ4n) is 3.49. The Morgan fingerprint density at radius 3 is 2.53 bits per heavy atom. The van der Waals surface area contributed by atoms with Crippen LogP contribution in [-0.4, -0.2) is 0 Å². The van der Waals surface area contributed by atoms with Crippen LogP contribution in [0.3, 0.4) is 0 Å². The van der Waals surface area contributed by atoms with E-state index in [1.165, 1.54) is 44.1 Å². The Bertz CT molecular complexity index is 415. The van der Waals surface area contributed by atoms with E-state index >= 15 is 0 Å². The molecule has 1 aliphatic rings. The summed E-state index contributed by atoms with van der Waals surface area (Å²) in [4.78, 5) is 0. The average molecular weight is 256 g/mol. The summed E-state index contributed by atoms with van der Waals surface area (Å²) < 4.78 is 0. The van der Waals surface area contributed by atoms with Gasteiger partial charge in [-0.15, -0.1) is 0 Å². The van der Waals surface area contributed by atoms with Gasteiger partial charge < -0.3 is 0 Å². The molecule has 0 amide bonds. The van der Waals surface area contributed by atoms with Gasteiger partial charge in [-0.25, -0.2) is 0 Å². The molecule has 0 N–H and O–H groups in total. The minimum atomic E-state index is 0.497. The molecule has 2 unspecified atom stereocenters. The fourth-order valence-corrected chi connectivity index (χ4v) is 3.49. The van der Waals surface area contributed by atoms with E-state index in [9.17, 15) is 0 Å². The normalized spacial score (nSPS) is 24.9. The molecule has 0 nitrogen and oxygen atoms in total. The summed E-state index contributed by atoms with van der Waals surface area (Å²) in [6, 6.07) is 11.1.